The number of aryl methyl sites for hydroxylation is 1. The number of nitrogens with one attached hydrogen (secondary N) is 1. The second kappa shape index (κ2) is 3.93. The number of hydrogen-bond acceptors (Lipinski definition) is 3. The van der Waals surface area contributed by atoms with E-state index in [0.717, 1.165) is 5.56 Å². The van der Waals surface area contributed by atoms with E-state index in [1.807, 2.05) is 13.8 Å². The van der Waals surface area contributed by atoms with E-state index in [2.05, 4.69) is 10.5 Å². The topological polar surface area (TPSA) is 58.4 Å². The highest BCUT2D eigenvalue weighted by Crippen LogP contribution is 2.12. The van der Waals surface area contributed by atoms with Crippen molar-refractivity contribution in [2.75, 3.05) is 18.9 Å². The van der Waals surface area contributed by atoms with Crippen LogP contribution in [0.25, 0.3) is 0 Å². The molecule has 0 aliphatic heterocycles. The van der Waals surface area contributed by atoms with Gasteiger partial charge in [0.2, 0.25) is 5.88 Å². The number of carbonyl (C=O) groups excluding carboxylic acids is 1. The van der Waals surface area contributed by atoms with Crippen LogP contribution in [0.3, 0.4) is 0 Å². The molecule has 2 amide bonds. The summed E-state index contributed by atoms with van der Waals surface area (Å²) in [7, 11) is 1.71. The lowest BCUT2D eigenvalue weighted by Crippen LogP contribution is -2.30. The number of anilines is 1. The average Bonchev–Trinajstić information content (AvgIpc) is 2.50. The minimum atomic E-state index is -0.192. The molecule has 1 heterocycles. The number of carbonyl (C=O) groups is 1. The summed E-state index contributed by atoms with van der Waals surface area (Å²) in [6, 6.07) is -0.192. The SMILES string of the molecule is CCN(C)C(=O)Nc1oncc1C. The molecule has 1 aromatic heterocycles. The Morgan fingerprint density at radius 1 is 1.77 bits per heavy atom. The summed E-state index contributed by atoms with van der Waals surface area (Å²) < 4.78 is 4.82. The Balaban J connectivity index is 2.60. The van der Waals surface area contributed by atoms with Gasteiger partial charge in [-0.3, -0.25) is 5.32 Å². The molecular formula is C8H13N3O2. The van der Waals surface area contributed by atoms with Crippen LogP contribution in [0.2, 0.25) is 0 Å². The standard InChI is InChI=1S/C8H13N3O2/c1-4-11(3)8(12)10-7-6(2)5-9-13-7/h5H,4H2,1-3H3,(H,10,12). The fraction of sp³-hybridized carbons (Fsp3) is 0.500. The average molecular weight is 183 g/mol. The largest absolute Gasteiger partial charge is 0.338 e. The Labute approximate surface area is 76.7 Å². The van der Waals surface area contributed by atoms with Crippen LogP contribution in [-0.2, 0) is 0 Å². The van der Waals surface area contributed by atoms with Crippen LogP contribution < -0.4 is 5.32 Å². The van der Waals surface area contributed by atoms with Gasteiger partial charge < -0.3 is 9.42 Å². The van der Waals surface area contributed by atoms with E-state index < -0.39 is 0 Å². The van der Waals surface area contributed by atoms with Gasteiger partial charge in [0, 0.05) is 19.2 Å². The molecule has 0 aliphatic carbocycles. The number of aromatic nitrogens is 1. The van der Waals surface area contributed by atoms with Crippen molar-refractivity contribution in [1.82, 2.24) is 10.1 Å². The highest BCUT2D eigenvalue weighted by molar-refractivity contribution is 5.88. The third-order valence-corrected chi connectivity index (χ3v) is 1.79. The van der Waals surface area contributed by atoms with Gasteiger partial charge in [-0.2, -0.15) is 0 Å². The van der Waals surface area contributed by atoms with E-state index in [0.29, 0.717) is 12.4 Å². The molecule has 0 fully saturated rings. The lowest BCUT2D eigenvalue weighted by molar-refractivity contribution is 0.223. The van der Waals surface area contributed by atoms with E-state index in [-0.39, 0.29) is 6.03 Å². The lowest BCUT2D eigenvalue weighted by Gasteiger charge is -2.13. The molecule has 0 atom stereocenters. The predicted octanol–water partition coefficient (Wildman–Crippen LogP) is 1.47. The lowest BCUT2D eigenvalue weighted by atomic mass is 10.4. The second-order valence-electron chi connectivity index (χ2n) is 2.78. The summed E-state index contributed by atoms with van der Waals surface area (Å²) in [5.41, 5.74) is 0.817. The van der Waals surface area contributed by atoms with Crippen LogP contribution in [0, 0.1) is 6.92 Å². The number of amides is 2. The van der Waals surface area contributed by atoms with Crippen molar-refractivity contribution < 1.29 is 9.32 Å². The summed E-state index contributed by atoms with van der Waals surface area (Å²) in [5.74, 6) is 0.408. The maximum Gasteiger partial charge on any atom is 0.323 e. The molecule has 0 unspecified atom stereocenters. The van der Waals surface area contributed by atoms with Crippen molar-refractivity contribution in [3.63, 3.8) is 0 Å². The van der Waals surface area contributed by atoms with Crippen molar-refractivity contribution in [3.05, 3.63) is 11.8 Å². The quantitative estimate of drug-likeness (QED) is 0.755. The molecule has 0 bridgehead atoms. The molecule has 5 nitrogen and oxygen atoms in total. The van der Waals surface area contributed by atoms with E-state index >= 15 is 0 Å². The predicted molar refractivity (Wildman–Crippen MR) is 48.6 cm³/mol. The maximum absolute atomic E-state index is 11.3. The van der Waals surface area contributed by atoms with Gasteiger partial charge in [0.05, 0.1) is 6.20 Å². The molecule has 0 aliphatic rings. The molecule has 1 rings (SSSR count). The number of rotatable bonds is 2. The van der Waals surface area contributed by atoms with Crippen molar-refractivity contribution in [1.29, 1.82) is 0 Å². The smallest absolute Gasteiger partial charge is 0.323 e. The van der Waals surface area contributed by atoms with E-state index in [9.17, 15) is 4.79 Å². The molecular weight excluding hydrogens is 170 g/mol. The minimum Gasteiger partial charge on any atom is -0.338 e. The maximum atomic E-state index is 11.3. The third kappa shape index (κ3) is 2.21. The Hall–Kier alpha value is -1.52. The summed E-state index contributed by atoms with van der Waals surface area (Å²) in [6.45, 7) is 4.36. The summed E-state index contributed by atoms with van der Waals surface area (Å²) in [4.78, 5) is 12.9. The molecule has 0 saturated carbocycles. The first-order chi connectivity index (χ1) is 6.15. The molecule has 5 heteroatoms. The molecule has 1 aromatic rings. The molecule has 72 valence electrons. The monoisotopic (exact) mass is 183 g/mol. The minimum absolute atomic E-state index is 0.192. The fourth-order valence-electron chi connectivity index (χ4n) is 0.746. The van der Waals surface area contributed by atoms with Gasteiger partial charge in [-0.25, -0.2) is 4.79 Å². The van der Waals surface area contributed by atoms with Crippen LogP contribution in [0.5, 0.6) is 0 Å². The van der Waals surface area contributed by atoms with Crippen molar-refractivity contribution in [3.8, 4) is 0 Å². The van der Waals surface area contributed by atoms with E-state index in [4.69, 9.17) is 4.52 Å². The van der Waals surface area contributed by atoms with Crippen molar-refractivity contribution in [2.45, 2.75) is 13.8 Å². The van der Waals surface area contributed by atoms with Crippen LogP contribution in [0.15, 0.2) is 10.7 Å². The Kier molecular flexibility index (Phi) is 2.89. The van der Waals surface area contributed by atoms with Crippen molar-refractivity contribution >= 4 is 11.9 Å². The third-order valence-electron chi connectivity index (χ3n) is 1.79. The zero-order valence-corrected chi connectivity index (χ0v) is 8.00. The second-order valence-corrected chi connectivity index (χ2v) is 2.78. The van der Waals surface area contributed by atoms with Crippen LogP contribution in [0.1, 0.15) is 12.5 Å². The molecule has 13 heavy (non-hydrogen) atoms. The summed E-state index contributed by atoms with van der Waals surface area (Å²) in [6.07, 6.45) is 1.56. The first-order valence-electron chi connectivity index (χ1n) is 4.08. The van der Waals surface area contributed by atoms with Gasteiger partial charge in [0.25, 0.3) is 0 Å². The molecule has 0 aromatic carbocycles. The van der Waals surface area contributed by atoms with Crippen LogP contribution >= 0.6 is 0 Å². The number of urea groups is 1. The van der Waals surface area contributed by atoms with E-state index in [1.54, 1.807) is 18.1 Å². The Bertz CT molecular complexity index is 295. The zero-order chi connectivity index (χ0) is 9.84. The molecule has 0 spiro atoms. The van der Waals surface area contributed by atoms with Crippen LogP contribution in [-0.4, -0.2) is 29.7 Å². The van der Waals surface area contributed by atoms with Gasteiger partial charge in [-0.05, 0) is 13.8 Å². The molecule has 0 saturated heterocycles. The van der Waals surface area contributed by atoms with E-state index in [1.165, 1.54) is 0 Å². The van der Waals surface area contributed by atoms with Gasteiger partial charge >= 0.3 is 6.03 Å². The molecule has 0 radical (unpaired) electrons. The van der Waals surface area contributed by atoms with Gasteiger partial charge in [0.15, 0.2) is 0 Å². The van der Waals surface area contributed by atoms with Gasteiger partial charge in [-0.1, -0.05) is 5.16 Å². The summed E-state index contributed by atoms with van der Waals surface area (Å²) in [5, 5.41) is 6.15. The van der Waals surface area contributed by atoms with Crippen molar-refractivity contribution in [2.24, 2.45) is 0 Å². The molecule has 1 N–H and O–H groups in total. The Morgan fingerprint density at radius 3 is 2.92 bits per heavy atom. The van der Waals surface area contributed by atoms with Gasteiger partial charge in [0.1, 0.15) is 0 Å². The highest BCUT2D eigenvalue weighted by atomic mass is 16.5. The zero-order valence-electron chi connectivity index (χ0n) is 8.00. The van der Waals surface area contributed by atoms with Crippen LogP contribution in [0.4, 0.5) is 10.7 Å². The fourth-order valence-corrected chi connectivity index (χ4v) is 0.746. The first kappa shape index (κ1) is 9.57. The van der Waals surface area contributed by atoms with Gasteiger partial charge in [-0.15, -0.1) is 0 Å². The number of nitrogens with zero attached hydrogens (tertiary/aromatic N) is 2. The summed E-state index contributed by atoms with van der Waals surface area (Å²) >= 11 is 0. The highest BCUT2D eigenvalue weighted by Gasteiger charge is 2.10. The first-order valence-corrected chi connectivity index (χ1v) is 4.08. The Morgan fingerprint density at radius 2 is 2.46 bits per heavy atom. The normalized spacial score (nSPS) is 9.77. The number of hydrogen-bond donors (Lipinski definition) is 1.